The summed E-state index contributed by atoms with van der Waals surface area (Å²) in [5, 5.41) is 12.6. The Labute approximate surface area is 109 Å². The number of nitrogens with zero attached hydrogens (tertiary/aromatic N) is 1. The van der Waals surface area contributed by atoms with Gasteiger partial charge in [-0.3, -0.25) is 4.79 Å². The van der Waals surface area contributed by atoms with E-state index in [-0.39, 0.29) is 11.3 Å². The van der Waals surface area contributed by atoms with E-state index in [1.165, 1.54) is 18.2 Å². The molecule has 0 aliphatic heterocycles. The van der Waals surface area contributed by atoms with Crippen molar-refractivity contribution in [1.82, 2.24) is 4.98 Å². The first kappa shape index (κ1) is 12.4. The van der Waals surface area contributed by atoms with Crippen LogP contribution in [0.15, 0.2) is 36.5 Å². The van der Waals surface area contributed by atoms with Crippen molar-refractivity contribution in [2.45, 2.75) is 6.92 Å². The Morgan fingerprint density at radius 3 is 2.78 bits per heavy atom. The Morgan fingerprint density at radius 1 is 1.33 bits per heavy atom. The van der Waals surface area contributed by atoms with Crippen molar-refractivity contribution in [2.24, 2.45) is 0 Å². The zero-order chi connectivity index (χ0) is 13.1. The highest BCUT2D eigenvalue weighted by atomic mass is 35.5. The van der Waals surface area contributed by atoms with E-state index >= 15 is 0 Å². The third-order valence-corrected chi connectivity index (χ3v) is 2.59. The van der Waals surface area contributed by atoms with Gasteiger partial charge in [0.1, 0.15) is 11.6 Å². The number of nitrogens with one attached hydrogen (secondary N) is 1. The number of aryl methyl sites for hydroxylation is 1. The summed E-state index contributed by atoms with van der Waals surface area (Å²) >= 11 is 5.78. The van der Waals surface area contributed by atoms with E-state index in [1.807, 2.05) is 13.0 Å². The fraction of sp³-hybridized carbons (Fsp3) is 0.0769. The second kappa shape index (κ2) is 5.06. The molecule has 18 heavy (non-hydrogen) atoms. The van der Waals surface area contributed by atoms with Crippen LogP contribution in [0.2, 0.25) is 5.02 Å². The fourth-order valence-corrected chi connectivity index (χ4v) is 1.59. The van der Waals surface area contributed by atoms with Crippen molar-refractivity contribution in [3.8, 4) is 5.75 Å². The van der Waals surface area contributed by atoms with E-state index in [0.717, 1.165) is 5.56 Å². The molecule has 0 bridgehead atoms. The first-order valence-electron chi connectivity index (χ1n) is 5.29. The number of halogens is 1. The normalized spacial score (nSPS) is 10.1. The molecule has 0 radical (unpaired) electrons. The second-order valence-electron chi connectivity index (χ2n) is 3.84. The van der Waals surface area contributed by atoms with Crippen LogP contribution < -0.4 is 5.32 Å². The molecule has 0 unspecified atom stereocenters. The summed E-state index contributed by atoms with van der Waals surface area (Å²) in [4.78, 5) is 16.0. The van der Waals surface area contributed by atoms with E-state index in [2.05, 4.69) is 10.3 Å². The van der Waals surface area contributed by atoms with Gasteiger partial charge in [0.15, 0.2) is 0 Å². The molecule has 0 saturated carbocycles. The van der Waals surface area contributed by atoms with Crippen LogP contribution in [-0.4, -0.2) is 16.0 Å². The number of amides is 1. The minimum atomic E-state index is -0.452. The lowest BCUT2D eigenvalue weighted by Gasteiger charge is -2.06. The number of aromatic hydroxyl groups is 1. The van der Waals surface area contributed by atoms with Gasteiger partial charge in [-0.05, 0) is 36.8 Å². The maximum absolute atomic E-state index is 11.9. The molecule has 2 N–H and O–H groups in total. The summed E-state index contributed by atoms with van der Waals surface area (Å²) in [6, 6.07) is 7.81. The quantitative estimate of drug-likeness (QED) is 0.875. The number of benzene rings is 1. The Hall–Kier alpha value is -2.07. The number of phenolic OH excluding ortho intramolecular Hbond substituents is 1. The van der Waals surface area contributed by atoms with Crippen molar-refractivity contribution < 1.29 is 9.90 Å². The average molecular weight is 263 g/mol. The van der Waals surface area contributed by atoms with Gasteiger partial charge in [-0.25, -0.2) is 4.98 Å². The number of carbonyl (C=O) groups is 1. The molecule has 1 amide bonds. The van der Waals surface area contributed by atoms with Gasteiger partial charge in [0.25, 0.3) is 5.91 Å². The maximum Gasteiger partial charge on any atom is 0.260 e. The fourth-order valence-electron chi connectivity index (χ4n) is 1.42. The van der Waals surface area contributed by atoms with E-state index < -0.39 is 5.91 Å². The smallest absolute Gasteiger partial charge is 0.260 e. The van der Waals surface area contributed by atoms with Crippen LogP contribution in [-0.2, 0) is 0 Å². The van der Waals surface area contributed by atoms with Crippen LogP contribution in [0.25, 0.3) is 0 Å². The van der Waals surface area contributed by atoms with Gasteiger partial charge in [-0.2, -0.15) is 0 Å². The Balaban J connectivity index is 2.21. The summed E-state index contributed by atoms with van der Waals surface area (Å²) in [6.07, 6.45) is 1.65. The van der Waals surface area contributed by atoms with E-state index in [1.54, 1.807) is 12.3 Å². The molecule has 0 fully saturated rings. The van der Waals surface area contributed by atoms with Crippen molar-refractivity contribution in [1.29, 1.82) is 0 Å². The molecule has 0 aliphatic carbocycles. The van der Waals surface area contributed by atoms with Gasteiger partial charge in [-0.15, -0.1) is 0 Å². The molecule has 1 aromatic heterocycles. The van der Waals surface area contributed by atoms with Crippen molar-refractivity contribution >= 4 is 23.3 Å². The average Bonchev–Trinajstić information content (AvgIpc) is 2.35. The number of hydrogen-bond acceptors (Lipinski definition) is 3. The molecule has 0 aliphatic rings. The molecule has 2 rings (SSSR count). The minimum Gasteiger partial charge on any atom is -0.507 e. The summed E-state index contributed by atoms with van der Waals surface area (Å²) in [5.41, 5.74) is 1.11. The van der Waals surface area contributed by atoms with Gasteiger partial charge in [0, 0.05) is 11.2 Å². The zero-order valence-corrected chi connectivity index (χ0v) is 10.4. The standard InChI is InChI=1S/C13H11ClN2O2/c1-8-2-5-12(15-7-8)16-13(18)10-6-9(14)3-4-11(10)17/h2-7,17H,1H3,(H,15,16,18). The summed E-state index contributed by atoms with van der Waals surface area (Å²) < 4.78 is 0. The monoisotopic (exact) mass is 262 g/mol. The van der Waals surface area contributed by atoms with Crippen LogP contribution >= 0.6 is 11.6 Å². The van der Waals surface area contributed by atoms with Gasteiger partial charge < -0.3 is 10.4 Å². The van der Waals surface area contributed by atoms with Gasteiger partial charge in [0.05, 0.1) is 5.56 Å². The number of aromatic nitrogens is 1. The first-order valence-corrected chi connectivity index (χ1v) is 5.66. The van der Waals surface area contributed by atoms with E-state index in [9.17, 15) is 9.90 Å². The SMILES string of the molecule is Cc1ccc(NC(=O)c2cc(Cl)ccc2O)nc1. The van der Waals surface area contributed by atoms with Crippen molar-refractivity contribution in [3.63, 3.8) is 0 Å². The van der Waals surface area contributed by atoms with Crippen LogP contribution in [0, 0.1) is 6.92 Å². The molecule has 0 saturated heterocycles. The third kappa shape index (κ3) is 2.78. The Kier molecular flexibility index (Phi) is 3.48. The van der Waals surface area contributed by atoms with Crippen molar-refractivity contribution in [2.75, 3.05) is 5.32 Å². The van der Waals surface area contributed by atoms with Crippen LogP contribution in [0.4, 0.5) is 5.82 Å². The third-order valence-electron chi connectivity index (χ3n) is 2.36. The largest absolute Gasteiger partial charge is 0.507 e. The summed E-state index contributed by atoms with van der Waals surface area (Å²) in [7, 11) is 0. The predicted molar refractivity (Wildman–Crippen MR) is 70.0 cm³/mol. The summed E-state index contributed by atoms with van der Waals surface area (Å²) in [6.45, 7) is 1.90. The van der Waals surface area contributed by atoms with Crippen LogP contribution in [0.5, 0.6) is 5.75 Å². The number of hydrogen-bond donors (Lipinski definition) is 2. The maximum atomic E-state index is 11.9. The van der Waals surface area contributed by atoms with Crippen LogP contribution in [0.1, 0.15) is 15.9 Å². The van der Waals surface area contributed by atoms with E-state index in [4.69, 9.17) is 11.6 Å². The molecule has 92 valence electrons. The topological polar surface area (TPSA) is 62.2 Å². The molecule has 0 atom stereocenters. The Bertz CT molecular complexity index is 582. The minimum absolute atomic E-state index is 0.116. The number of phenols is 1. The lowest BCUT2D eigenvalue weighted by Crippen LogP contribution is -2.13. The van der Waals surface area contributed by atoms with Crippen LogP contribution in [0.3, 0.4) is 0 Å². The number of anilines is 1. The lowest BCUT2D eigenvalue weighted by atomic mass is 10.2. The molecule has 2 aromatic rings. The zero-order valence-electron chi connectivity index (χ0n) is 9.64. The molecule has 5 heteroatoms. The molecule has 4 nitrogen and oxygen atoms in total. The van der Waals surface area contributed by atoms with Gasteiger partial charge >= 0.3 is 0 Å². The second-order valence-corrected chi connectivity index (χ2v) is 4.27. The number of carbonyl (C=O) groups excluding carboxylic acids is 1. The Morgan fingerprint density at radius 2 is 2.11 bits per heavy atom. The highest BCUT2D eigenvalue weighted by molar-refractivity contribution is 6.31. The number of pyridine rings is 1. The number of rotatable bonds is 2. The predicted octanol–water partition coefficient (Wildman–Crippen LogP) is 3.00. The molecule has 0 spiro atoms. The van der Waals surface area contributed by atoms with Gasteiger partial charge in [0.2, 0.25) is 0 Å². The van der Waals surface area contributed by atoms with E-state index in [0.29, 0.717) is 10.8 Å². The molecular weight excluding hydrogens is 252 g/mol. The van der Waals surface area contributed by atoms with Crippen molar-refractivity contribution in [3.05, 3.63) is 52.7 Å². The van der Waals surface area contributed by atoms with Gasteiger partial charge in [-0.1, -0.05) is 17.7 Å². The molecular formula is C13H11ClN2O2. The highest BCUT2D eigenvalue weighted by Gasteiger charge is 2.12. The highest BCUT2D eigenvalue weighted by Crippen LogP contribution is 2.22. The first-order chi connectivity index (χ1) is 8.56. The lowest BCUT2D eigenvalue weighted by molar-refractivity contribution is 0.102. The molecule has 1 aromatic carbocycles. The summed E-state index contributed by atoms with van der Waals surface area (Å²) in [5.74, 6) is -0.152. The molecule has 1 heterocycles.